The van der Waals surface area contributed by atoms with Gasteiger partial charge in [-0.15, -0.1) is 0 Å². The highest BCUT2D eigenvalue weighted by molar-refractivity contribution is 7.79. The summed E-state index contributed by atoms with van der Waals surface area (Å²) in [4.78, 5) is 31.1. The van der Waals surface area contributed by atoms with E-state index in [9.17, 15) is 14.4 Å². The van der Waals surface area contributed by atoms with Gasteiger partial charge in [0, 0.05) is 0 Å². The van der Waals surface area contributed by atoms with Crippen LogP contribution in [-0.2, 0) is 9.47 Å². The van der Waals surface area contributed by atoms with E-state index in [1.54, 1.807) is 44.2 Å². The number of amides is 2. The molecule has 0 saturated carbocycles. The van der Waals surface area contributed by atoms with Crippen molar-refractivity contribution in [1.29, 1.82) is 0 Å². The molecule has 0 heterocycles. The summed E-state index contributed by atoms with van der Waals surface area (Å²) in [5, 5.41) is 18.4. The summed E-state index contributed by atoms with van der Waals surface area (Å²) in [5.74, 6) is -0.879. The van der Waals surface area contributed by atoms with E-state index in [0.29, 0.717) is 5.56 Å². The fourth-order valence-electron chi connectivity index (χ4n) is 3.15. The molecule has 4 rings (SSSR count). The van der Waals surface area contributed by atoms with Crippen LogP contribution in [0.4, 0.5) is 9.59 Å². The van der Waals surface area contributed by atoms with Gasteiger partial charge in [-0.1, -0.05) is 119 Å². The molecule has 206 valence electrons. The molecule has 4 aromatic carbocycles. The van der Waals surface area contributed by atoms with Crippen LogP contribution in [0, 0.1) is 0 Å². The highest BCUT2D eigenvalue weighted by Gasteiger charge is 2.15. The molecular formula is C31H31N2O6P. The van der Waals surface area contributed by atoms with Crippen LogP contribution in [0.2, 0.25) is 0 Å². The van der Waals surface area contributed by atoms with Crippen LogP contribution in [0.5, 0.6) is 0 Å². The Kier molecular flexibility index (Phi) is 14.6. The first-order valence-corrected chi connectivity index (χ1v) is 13.8. The summed E-state index contributed by atoms with van der Waals surface area (Å²) in [5.41, 5.74) is 0.331. The summed E-state index contributed by atoms with van der Waals surface area (Å²) < 4.78 is 8.73. The normalized spacial score (nSPS) is 9.97. The van der Waals surface area contributed by atoms with Gasteiger partial charge in [-0.05, 0) is 49.8 Å². The van der Waals surface area contributed by atoms with Crippen LogP contribution in [0.25, 0.3) is 0 Å². The van der Waals surface area contributed by atoms with Crippen molar-refractivity contribution in [3.8, 4) is 0 Å². The zero-order valence-corrected chi connectivity index (χ0v) is 23.2. The Morgan fingerprint density at radius 2 is 0.875 bits per heavy atom. The minimum absolute atomic E-state index is 0.195. The van der Waals surface area contributed by atoms with Crippen molar-refractivity contribution in [3.63, 3.8) is 0 Å². The SMILES string of the molecule is CCOC(=O)N=NC(=O)OCC.O=C(O)c1ccccc1.c1ccc(P(c2ccccc2)c2ccccc2)cc1. The lowest BCUT2D eigenvalue weighted by Gasteiger charge is -2.18. The minimum Gasteiger partial charge on any atom is -0.478 e. The summed E-state index contributed by atoms with van der Waals surface area (Å²) >= 11 is 0. The van der Waals surface area contributed by atoms with Gasteiger partial charge in [-0.2, -0.15) is 0 Å². The molecule has 0 aromatic heterocycles. The molecule has 0 fully saturated rings. The molecule has 9 heteroatoms. The van der Waals surface area contributed by atoms with Crippen molar-refractivity contribution >= 4 is 42.0 Å². The standard InChI is InChI=1S/C18H15P.C7H6O2.C6H10N2O4/c1-4-10-16(11-5-1)19(17-12-6-2-7-13-17)18-14-8-3-9-15-18;8-7(9)6-4-2-1-3-5-6;1-3-11-5(9)7-8-6(10)12-4-2/h1-15H;1-5H,(H,8,9);3-4H2,1-2H3. The third kappa shape index (κ3) is 11.8. The maximum atomic E-state index is 10.5. The zero-order chi connectivity index (χ0) is 29.0. The molecule has 0 spiro atoms. The first-order chi connectivity index (χ1) is 19.5. The number of hydrogen-bond donors (Lipinski definition) is 1. The highest BCUT2D eigenvalue weighted by Crippen LogP contribution is 2.32. The monoisotopic (exact) mass is 558 g/mol. The second-order valence-corrected chi connectivity index (χ2v) is 9.83. The summed E-state index contributed by atoms with van der Waals surface area (Å²) in [6, 6.07) is 40.6. The van der Waals surface area contributed by atoms with Gasteiger partial charge in [0.15, 0.2) is 0 Å². The van der Waals surface area contributed by atoms with E-state index in [4.69, 9.17) is 5.11 Å². The number of carbonyl (C=O) groups is 3. The lowest BCUT2D eigenvalue weighted by molar-refractivity contribution is 0.0696. The van der Waals surface area contributed by atoms with Crippen molar-refractivity contribution < 1.29 is 29.0 Å². The number of nitrogens with zero attached hydrogens (tertiary/aromatic N) is 2. The Morgan fingerprint density at radius 3 is 1.12 bits per heavy atom. The van der Waals surface area contributed by atoms with Crippen LogP contribution in [0.15, 0.2) is 132 Å². The molecule has 0 unspecified atom stereocenters. The first-order valence-electron chi connectivity index (χ1n) is 12.4. The van der Waals surface area contributed by atoms with Crippen molar-refractivity contribution in [2.24, 2.45) is 10.2 Å². The lowest BCUT2D eigenvalue weighted by Crippen LogP contribution is -2.20. The molecule has 2 amide bonds. The van der Waals surface area contributed by atoms with Gasteiger partial charge < -0.3 is 14.6 Å². The van der Waals surface area contributed by atoms with Crippen molar-refractivity contribution in [2.75, 3.05) is 13.2 Å². The number of carboxylic acids is 1. The van der Waals surface area contributed by atoms with Gasteiger partial charge in [0.1, 0.15) is 0 Å². The molecular weight excluding hydrogens is 527 g/mol. The summed E-state index contributed by atoms with van der Waals surface area (Å²) in [7, 11) is -0.446. The lowest BCUT2D eigenvalue weighted by atomic mass is 10.2. The van der Waals surface area contributed by atoms with Crippen LogP contribution < -0.4 is 15.9 Å². The van der Waals surface area contributed by atoms with E-state index in [1.807, 2.05) is 0 Å². The number of hydrogen-bond acceptors (Lipinski definition) is 5. The predicted octanol–water partition coefficient (Wildman–Crippen LogP) is 6.58. The Morgan fingerprint density at radius 1 is 0.575 bits per heavy atom. The number of carbonyl (C=O) groups excluding carboxylic acids is 2. The number of aromatic carboxylic acids is 1. The molecule has 0 aliphatic rings. The fraction of sp³-hybridized carbons (Fsp3) is 0.129. The van der Waals surface area contributed by atoms with E-state index < -0.39 is 26.1 Å². The average Bonchev–Trinajstić information content (AvgIpc) is 2.99. The smallest absolute Gasteiger partial charge is 0.452 e. The van der Waals surface area contributed by atoms with Crippen LogP contribution >= 0.6 is 7.92 Å². The molecule has 8 nitrogen and oxygen atoms in total. The topological polar surface area (TPSA) is 115 Å². The van der Waals surface area contributed by atoms with E-state index in [-0.39, 0.29) is 13.2 Å². The second kappa shape index (κ2) is 18.6. The maximum absolute atomic E-state index is 10.5. The van der Waals surface area contributed by atoms with Crippen molar-refractivity contribution in [2.45, 2.75) is 13.8 Å². The van der Waals surface area contributed by atoms with Crippen molar-refractivity contribution in [1.82, 2.24) is 0 Å². The van der Waals surface area contributed by atoms with E-state index in [1.165, 1.54) is 15.9 Å². The molecule has 4 aromatic rings. The number of carboxylic acid groups (broad SMARTS) is 1. The zero-order valence-electron chi connectivity index (χ0n) is 22.3. The molecule has 0 radical (unpaired) electrons. The predicted molar refractivity (Wildman–Crippen MR) is 157 cm³/mol. The molecule has 0 bridgehead atoms. The Hall–Kier alpha value is -4.68. The second-order valence-electron chi connectivity index (χ2n) is 7.61. The number of benzene rings is 4. The molecule has 0 aliphatic carbocycles. The van der Waals surface area contributed by atoms with E-state index in [2.05, 4.69) is 111 Å². The van der Waals surface area contributed by atoms with Crippen molar-refractivity contribution in [3.05, 3.63) is 127 Å². The molecule has 0 atom stereocenters. The summed E-state index contributed by atoms with van der Waals surface area (Å²) in [6.07, 6.45) is -1.80. The first kappa shape index (κ1) is 31.5. The fourth-order valence-corrected chi connectivity index (χ4v) is 5.45. The molecule has 0 saturated heterocycles. The number of azo groups is 1. The van der Waals surface area contributed by atoms with Crippen LogP contribution in [0.1, 0.15) is 24.2 Å². The van der Waals surface area contributed by atoms with Gasteiger partial charge in [0.2, 0.25) is 0 Å². The van der Waals surface area contributed by atoms with Crippen LogP contribution in [0.3, 0.4) is 0 Å². The highest BCUT2D eigenvalue weighted by atomic mass is 31.1. The van der Waals surface area contributed by atoms with Crippen LogP contribution in [-0.4, -0.2) is 36.5 Å². The Balaban J connectivity index is 0.000000230. The molecule has 0 aliphatic heterocycles. The molecule has 40 heavy (non-hydrogen) atoms. The van der Waals surface area contributed by atoms with Gasteiger partial charge in [0.25, 0.3) is 0 Å². The van der Waals surface area contributed by atoms with Gasteiger partial charge in [0.05, 0.1) is 18.8 Å². The van der Waals surface area contributed by atoms with E-state index >= 15 is 0 Å². The van der Waals surface area contributed by atoms with Gasteiger partial charge in [-0.3, -0.25) is 0 Å². The number of ether oxygens (including phenoxy) is 2. The third-order valence-electron chi connectivity index (χ3n) is 4.81. The number of rotatable bonds is 6. The summed E-state index contributed by atoms with van der Waals surface area (Å²) in [6.45, 7) is 3.64. The van der Waals surface area contributed by atoms with Gasteiger partial charge >= 0.3 is 18.2 Å². The maximum Gasteiger partial charge on any atom is 0.452 e. The largest absolute Gasteiger partial charge is 0.478 e. The van der Waals surface area contributed by atoms with E-state index in [0.717, 1.165) is 0 Å². The Bertz CT molecular complexity index is 1210. The Labute approximate surface area is 235 Å². The third-order valence-corrected chi connectivity index (χ3v) is 7.26. The quantitative estimate of drug-likeness (QED) is 0.211. The minimum atomic E-state index is -0.898. The van der Waals surface area contributed by atoms with Gasteiger partial charge in [-0.25, -0.2) is 14.4 Å². The molecule has 1 N–H and O–H groups in total. The average molecular weight is 559 g/mol.